The molecule has 2 amide bonds. The van der Waals surface area contributed by atoms with E-state index in [4.69, 9.17) is 0 Å². The van der Waals surface area contributed by atoms with Crippen LogP contribution in [0.2, 0.25) is 0 Å². The van der Waals surface area contributed by atoms with Crippen LogP contribution in [-0.2, 0) is 62.6 Å². The van der Waals surface area contributed by atoms with Crippen LogP contribution in [0.15, 0.2) is 0 Å². The van der Waals surface area contributed by atoms with E-state index in [9.17, 15) is 19.2 Å². The van der Waals surface area contributed by atoms with E-state index in [1.807, 2.05) is 27.7 Å². The second-order valence-corrected chi connectivity index (χ2v) is 4.89. The van der Waals surface area contributed by atoms with Gasteiger partial charge in [0.25, 0.3) is 0 Å². The molecular weight excluding hydrogens is 380 g/mol. The molecule has 0 heterocycles. The quantitative estimate of drug-likeness (QED) is 0.451. The number of Topliss-reactive ketones (excluding diaryl/α,β-unsaturated/α-hetero) is 2. The topological polar surface area (TPSA) is 74.8 Å². The molecule has 0 saturated carbocycles. The van der Waals surface area contributed by atoms with E-state index < -0.39 is 0 Å². The van der Waals surface area contributed by atoms with Crippen LogP contribution in [0, 0.1) is 0 Å². The number of hydrogen-bond acceptors (Lipinski definition) is 4. The van der Waals surface area contributed by atoms with Crippen LogP contribution in [0.3, 0.4) is 0 Å². The first-order chi connectivity index (χ1) is 10.2. The Morgan fingerprint density at radius 3 is 0.917 bits per heavy atom. The van der Waals surface area contributed by atoms with Crippen molar-refractivity contribution >= 4 is 23.4 Å². The fourth-order valence-corrected chi connectivity index (χ4v) is 1.80. The van der Waals surface area contributed by atoms with Crippen LogP contribution in [0.25, 0.3) is 0 Å². The van der Waals surface area contributed by atoms with Crippen molar-refractivity contribution in [1.29, 1.82) is 0 Å². The van der Waals surface area contributed by atoms with Crippen LogP contribution >= 0.6 is 0 Å². The number of ketones is 2. The molecule has 0 N–H and O–H groups in total. The monoisotopic (exact) mass is 410 g/mol. The van der Waals surface area contributed by atoms with Gasteiger partial charge in [0.05, 0.1) is 12.8 Å². The van der Waals surface area contributed by atoms with E-state index >= 15 is 0 Å². The summed E-state index contributed by atoms with van der Waals surface area (Å²) in [4.78, 5) is 46.6. The van der Waals surface area contributed by atoms with E-state index in [1.165, 1.54) is 13.8 Å². The molecule has 0 aliphatic carbocycles. The first-order valence-corrected chi connectivity index (χ1v) is 7.77. The maximum atomic E-state index is 11.1. The van der Waals surface area contributed by atoms with E-state index in [0.29, 0.717) is 26.2 Å². The van der Waals surface area contributed by atoms with Gasteiger partial charge in [0.1, 0.15) is 11.6 Å². The molecule has 0 aromatic rings. The Hall–Kier alpha value is -0.291. The number of carbonyl (C=O) groups excluding carboxylic acids is 4. The van der Waals surface area contributed by atoms with Crippen LogP contribution < -0.4 is 0 Å². The first kappa shape index (κ1) is 31.5. The normalized spacial score (nSPS) is 8.58. The molecule has 0 radical (unpaired) electrons. The van der Waals surface area contributed by atoms with Gasteiger partial charge in [-0.15, -0.1) is 0 Å². The summed E-state index contributed by atoms with van der Waals surface area (Å²) in [5, 5.41) is 0. The Morgan fingerprint density at radius 2 is 0.792 bits per heavy atom. The summed E-state index contributed by atoms with van der Waals surface area (Å²) in [7, 11) is 0. The van der Waals surface area contributed by atoms with Gasteiger partial charge < -0.3 is 9.80 Å². The van der Waals surface area contributed by atoms with E-state index in [2.05, 4.69) is 0 Å². The Labute approximate surface area is 175 Å². The minimum Gasteiger partial charge on any atom is -0.343 e. The van der Waals surface area contributed by atoms with Crippen molar-refractivity contribution in [2.24, 2.45) is 0 Å². The van der Waals surface area contributed by atoms with E-state index in [-0.39, 0.29) is 79.7 Å². The SMILES string of the molecule is CCN(CC)C(=O)CC(C)=O.CCN(CC)C(=O)CC(C)=O.[Ti+4].[Ti+4]. The second-order valence-electron chi connectivity index (χ2n) is 4.89. The molecule has 128 valence electrons. The van der Waals surface area contributed by atoms with Gasteiger partial charge in [-0.05, 0) is 41.5 Å². The number of nitrogens with zero attached hydrogens (tertiary/aromatic N) is 2. The van der Waals surface area contributed by atoms with Gasteiger partial charge >= 0.3 is 43.4 Å². The third-order valence-corrected chi connectivity index (χ3v) is 3.03. The molecule has 0 rings (SSSR count). The maximum Gasteiger partial charge on any atom is 4.00 e. The molecule has 0 bridgehead atoms. The van der Waals surface area contributed by atoms with Crippen LogP contribution in [0.4, 0.5) is 0 Å². The molecule has 6 nitrogen and oxygen atoms in total. The Bertz CT molecular complexity index is 346. The summed E-state index contributed by atoms with van der Waals surface area (Å²) in [5.74, 6) is -0.270. The zero-order valence-corrected chi connectivity index (χ0v) is 18.9. The van der Waals surface area contributed by atoms with Gasteiger partial charge in [0, 0.05) is 26.2 Å². The fourth-order valence-electron chi connectivity index (χ4n) is 1.80. The minimum atomic E-state index is -0.0677. The molecule has 0 aliphatic heterocycles. The first-order valence-electron chi connectivity index (χ1n) is 7.77. The molecule has 0 aromatic carbocycles. The molecule has 0 spiro atoms. The van der Waals surface area contributed by atoms with Crippen LogP contribution in [0.5, 0.6) is 0 Å². The number of carbonyl (C=O) groups is 4. The average Bonchev–Trinajstić information content (AvgIpc) is 2.40. The van der Waals surface area contributed by atoms with Gasteiger partial charge in [-0.2, -0.15) is 0 Å². The molecule has 0 saturated heterocycles. The number of rotatable bonds is 8. The van der Waals surface area contributed by atoms with Crippen molar-refractivity contribution < 1.29 is 62.6 Å². The Kier molecular flexibility index (Phi) is 25.0. The molecular formula is C16H30N2O4Ti2+8. The van der Waals surface area contributed by atoms with Crippen molar-refractivity contribution in [3.05, 3.63) is 0 Å². The Balaban J connectivity index is -0.000000154. The molecule has 0 fully saturated rings. The third-order valence-electron chi connectivity index (χ3n) is 3.03. The van der Waals surface area contributed by atoms with E-state index in [0.717, 1.165) is 0 Å². The number of hydrogen-bond donors (Lipinski definition) is 0. The molecule has 8 heteroatoms. The van der Waals surface area contributed by atoms with Crippen molar-refractivity contribution in [3.63, 3.8) is 0 Å². The smallest absolute Gasteiger partial charge is 0.343 e. The summed E-state index contributed by atoms with van der Waals surface area (Å²) in [6.45, 7) is 13.2. The maximum absolute atomic E-state index is 11.1. The average molecular weight is 410 g/mol. The van der Waals surface area contributed by atoms with Crippen LogP contribution in [-0.4, -0.2) is 59.4 Å². The zero-order chi connectivity index (χ0) is 17.7. The van der Waals surface area contributed by atoms with Crippen molar-refractivity contribution in [2.75, 3.05) is 26.2 Å². The van der Waals surface area contributed by atoms with Gasteiger partial charge in [-0.25, -0.2) is 0 Å². The van der Waals surface area contributed by atoms with Gasteiger partial charge in [0.15, 0.2) is 0 Å². The molecule has 0 atom stereocenters. The van der Waals surface area contributed by atoms with Gasteiger partial charge in [0.2, 0.25) is 11.8 Å². The second kappa shape index (κ2) is 19.0. The molecule has 0 unspecified atom stereocenters. The predicted octanol–water partition coefficient (Wildman–Crippen LogP) is 1.66. The van der Waals surface area contributed by atoms with Crippen molar-refractivity contribution in [2.45, 2.75) is 54.4 Å². The van der Waals surface area contributed by atoms with E-state index in [1.54, 1.807) is 9.80 Å². The van der Waals surface area contributed by atoms with Crippen LogP contribution in [0.1, 0.15) is 54.4 Å². The number of amides is 2. The fraction of sp³-hybridized carbons (Fsp3) is 0.750. The largest absolute Gasteiger partial charge is 4.00 e. The van der Waals surface area contributed by atoms with Gasteiger partial charge in [-0.3, -0.25) is 19.2 Å². The van der Waals surface area contributed by atoms with Gasteiger partial charge in [-0.1, -0.05) is 0 Å². The summed E-state index contributed by atoms with van der Waals surface area (Å²) < 4.78 is 0. The summed E-state index contributed by atoms with van der Waals surface area (Å²) in [6.07, 6.45) is 0.0867. The zero-order valence-electron chi connectivity index (χ0n) is 15.8. The van der Waals surface area contributed by atoms with Crippen molar-refractivity contribution in [1.82, 2.24) is 9.80 Å². The third kappa shape index (κ3) is 16.6. The van der Waals surface area contributed by atoms with Crippen molar-refractivity contribution in [3.8, 4) is 0 Å². The summed E-state index contributed by atoms with van der Waals surface area (Å²) >= 11 is 0. The molecule has 0 aromatic heterocycles. The summed E-state index contributed by atoms with van der Waals surface area (Å²) in [5.41, 5.74) is 0. The standard InChI is InChI=1S/2C8H15NO2.2Ti/c2*1-4-9(5-2)8(11)6-7(3)10;;/h2*4-6H2,1-3H3;;/q;;2*+4. The summed E-state index contributed by atoms with van der Waals surface area (Å²) in [6, 6.07) is 0. The predicted molar refractivity (Wildman–Crippen MR) is 86.5 cm³/mol. The minimum absolute atomic E-state index is 0. The molecule has 24 heavy (non-hydrogen) atoms. The molecule has 0 aliphatic rings. The Morgan fingerprint density at radius 1 is 0.583 bits per heavy atom.